The molecule has 0 aromatic rings. The fourth-order valence-corrected chi connectivity index (χ4v) is 15.6. The first-order chi connectivity index (χ1) is 34.6. The van der Waals surface area contributed by atoms with Gasteiger partial charge in [-0.1, -0.05) is 46.8 Å². The summed E-state index contributed by atoms with van der Waals surface area (Å²) in [4.78, 5) is 0. The van der Waals surface area contributed by atoms with Crippen molar-refractivity contribution in [3.05, 3.63) is 12.2 Å². The molecule has 0 amide bonds. The Kier molecular flexibility index (Phi) is 17.6. The van der Waals surface area contributed by atoms with Crippen LogP contribution in [-0.2, 0) is 42.6 Å². The second-order valence-electron chi connectivity index (χ2n) is 25.2. The van der Waals surface area contributed by atoms with E-state index in [0.717, 1.165) is 44.9 Å². The Bertz CT molecular complexity index is 1910. The molecule has 0 aromatic carbocycles. The molecule has 4 aliphatic carbocycles. The molecule has 8 rings (SSSR count). The third kappa shape index (κ3) is 10.5. The minimum atomic E-state index is -1.78. The van der Waals surface area contributed by atoms with Crippen LogP contribution < -0.4 is 0 Å². The summed E-state index contributed by atoms with van der Waals surface area (Å²) in [6.45, 7) is 15.5. The number of ether oxygens (including phenoxy) is 9. The summed E-state index contributed by atoms with van der Waals surface area (Å²) in [5, 5.41) is 131. The average molecular weight is 1060 g/mol. The highest BCUT2D eigenvalue weighted by molar-refractivity contribution is 5.19. The van der Waals surface area contributed by atoms with Crippen molar-refractivity contribution in [2.75, 3.05) is 33.5 Å². The lowest BCUT2D eigenvalue weighted by molar-refractivity contribution is -0.395. The first-order valence-corrected chi connectivity index (χ1v) is 27.1. The number of fused-ring (bicyclic) bond motifs is 5. The lowest BCUT2D eigenvalue weighted by atomic mass is 9.35. The Hall–Kier alpha value is -1.10. The lowest BCUT2D eigenvalue weighted by Crippen LogP contribution is -2.67. The molecule has 12 N–H and O–H groups in total. The van der Waals surface area contributed by atoms with Gasteiger partial charge in [0.05, 0.1) is 49.8 Å². The van der Waals surface area contributed by atoms with E-state index in [4.69, 9.17) is 42.6 Å². The van der Waals surface area contributed by atoms with Gasteiger partial charge < -0.3 is 104 Å². The molecule has 21 nitrogen and oxygen atoms in total. The molecule has 21 heteroatoms. The zero-order chi connectivity index (χ0) is 54.2. The number of hydrogen-bond acceptors (Lipinski definition) is 21. The predicted octanol–water partition coefficient (Wildman–Crippen LogP) is -0.270. The molecule has 0 spiro atoms. The van der Waals surface area contributed by atoms with E-state index >= 15 is 0 Å². The zero-order valence-electron chi connectivity index (χ0n) is 44.7. The summed E-state index contributed by atoms with van der Waals surface area (Å²) < 4.78 is 54.7. The Morgan fingerprint density at radius 3 is 1.86 bits per heavy atom. The minimum absolute atomic E-state index is 0.122. The molecule has 74 heavy (non-hydrogen) atoms. The number of methoxy groups -OCH3 is 1. The van der Waals surface area contributed by atoms with Crippen LogP contribution in [0.15, 0.2) is 12.2 Å². The second-order valence-corrected chi connectivity index (χ2v) is 25.2. The monoisotopic (exact) mass is 1060 g/mol. The van der Waals surface area contributed by atoms with Crippen molar-refractivity contribution in [1.29, 1.82) is 0 Å². The summed E-state index contributed by atoms with van der Waals surface area (Å²) in [7, 11) is 1.63. The van der Waals surface area contributed by atoms with Gasteiger partial charge in [-0.05, 0) is 124 Å². The van der Waals surface area contributed by atoms with Crippen LogP contribution in [0.25, 0.3) is 0 Å². The van der Waals surface area contributed by atoms with Crippen molar-refractivity contribution in [3.63, 3.8) is 0 Å². The first-order valence-electron chi connectivity index (χ1n) is 27.1. The van der Waals surface area contributed by atoms with Crippen LogP contribution in [0.3, 0.4) is 0 Å². The molecule has 428 valence electrons. The highest BCUT2D eigenvalue weighted by Crippen LogP contribution is 2.76. The number of aliphatic hydroxyl groups is 12. The Morgan fingerprint density at radius 1 is 0.608 bits per heavy atom. The van der Waals surface area contributed by atoms with Gasteiger partial charge >= 0.3 is 0 Å². The summed E-state index contributed by atoms with van der Waals surface area (Å²) in [6, 6.07) is 0. The van der Waals surface area contributed by atoms with E-state index in [-0.39, 0.29) is 59.6 Å². The molecule has 2 unspecified atom stereocenters. The van der Waals surface area contributed by atoms with Gasteiger partial charge in [0.25, 0.3) is 0 Å². The highest BCUT2D eigenvalue weighted by atomic mass is 16.8. The molecular formula is C53H90O21. The van der Waals surface area contributed by atoms with Gasteiger partial charge in [-0.25, -0.2) is 0 Å². The summed E-state index contributed by atoms with van der Waals surface area (Å²) in [5.41, 5.74) is -2.96. The lowest BCUT2D eigenvalue weighted by Gasteiger charge is -2.70. The van der Waals surface area contributed by atoms with Crippen molar-refractivity contribution in [2.45, 2.75) is 241 Å². The van der Waals surface area contributed by atoms with E-state index in [1.54, 1.807) is 7.11 Å². The molecule has 4 heterocycles. The van der Waals surface area contributed by atoms with E-state index in [2.05, 4.69) is 34.6 Å². The third-order valence-corrected chi connectivity index (χ3v) is 20.4. The van der Waals surface area contributed by atoms with Crippen molar-refractivity contribution in [1.82, 2.24) is 0 Å². The molecule has 4 saturated carbocycles. The molecule has 8 fully saturated rings. The van der Waals surface area contributed by atoms with Crippen molar-refractivity contribution >= 4 is 0 Å². The normalized spacial score (nSPS) is 51.7. The fraction of sp³-hybridized carbons (Fsp3) is 0.962. The van der Waals surface area contributed by atoms with Crippen LogP contribution in [0.4, 0.5) is 0 Å². The largest absolute Gasteiger partial charge is 0.394 e. The fourth-order valence-electron chi connectivity index (χ4n) is 15.6. The molecule has 4 saturated heterocycles. The molecule has 4 aliphatic heterocycles. The molecule has 27 atom stereocenters. The predicted molar refractivity (Wildman–Crippen MR) is 259 cm³/mol. The first kappa shape index (κ1) is 59.0. The van der Waals surface area contributed by atoms with Crippen molar-refractivity contribution < 1.29 is 104 Å². The Balaban J connectivity index is 1.04. The summed E-state index contributed by atoms with van der Waals surface area (Å²) in [6.07, 6.45) is -16.7. The molecule has 0 aromatic heterocycles. The number of aliphatic hydroxyl groups excluding tert-OH is 11. The summed E-state index contributed by atoms with van der Waals surface area (Å²) in [5.74, 6) is 0.367. The van der Waals surface area contributed by atoms with Gasteiger partial charge in [-0.15, -0.1) is 0 Å². The van der Waals surface area contributed by atoms with Crippen LogP contribution in [-0.4, -0.2) is 223 Å². The van der Waals surface area contributed by atoms with Crippen LogP contribution in [0.2, 0.25) is 0 Å². The quantitative estimate of drug-likeness (QED) is 0.0742. The standard InChI is InChI=1S/C53H90O21/c1-25-34(57)38(61)41(64)46(70-25)74-43-42(73-45-40(63)36(59)29(56)23-68-45)37(60)30(21-54)71-47(43)72-33-15-18-50(6)31(49(33,4)5)14-20-52(8)32(50)12-11-26-27(13-19-51(26,52)7)53(65,17-10-16-48(2,3)66-9)24-69-44-39(62)35(58)28(55)22-67-44/h10,16,25-47,54-65H,11-15,17-24H2,1-9H3/b16-10+/t25-,26?,27-,28+,29+,30+,31?,32+,33-,34-,35-,36-,37+,38+,39+,40+,41+,42-,43+,44-,45-,46-,47-,50-,51+,52+,53+/m0/s1. The minimum Gasteiger partial charge on any atom is -0.394 e. The maximum atomic E-state index is 12.9. The van der Waals surface area contributed by atoms with E-state index < -0.39 is 147 Å². The average Bonchev–Trinajstić information content (AvgIpc) is 3.72. The van der Waals surface area contributed by atoms with Crippen LogP contribution in [0, 0.1) is 45.3 Å². The van der Waals surface area contributed by atoms with E-state index in [0.29, 0.717) is 6.42 Å². The van der Waals surface area contributed by atoms with E-state index in [1.807, 2.05) is 26.0 Å². The zero-order valence-corrected chi connectivity index (χ0v) is 44.7. The smallest absolute Gasteiger partial charge is 0.187 e. The second kappa shape index (κ2) is 22.1. The number of hydrogen-bond donors (Lipinski definition) is 12. The number of rotatable bonds is 15. The Labute approximate surface area is 435 Å². The van der Waals surface area contributed by atoms with E-state index in [1.165, 1.54) is 6.92 Å². The van der Waals surface area contributed by atoms with Gasteiger partial charge in [0.15, 0.2) is 25.2 Å². The van der Waals surface area contributed by atoms with Crippen molar-refractivity contribution in [3.8, 4) is 0 Å². The maximum Gasteiger partial charge on any atom is 0.187 e. The SMILES string of the molecule is COC(C)(C)/C=C/C[C@@](O)(CO[C@@H]1OC[C@@H](O)[C@H](O)[C@H]1O)[C@H]1CC[C@]2(C)C1CC[C@@H]1[C@@]3(C)CC[C@H](O[C@@H]4O[C@H](CO)[C@@H](O)[C@H](O[C@@H]5OC[C@@H](O)[C@H](O)[C@H]5O)[C@H]4O[C@@H]4O[C@@H](C)[C@H](O)[C@@H](O)[C@H]4O)C(C)(C)C3CC[C@]12C. The third-order valence-electron chi connectivity index (χ3n) is 20.4. The van der Waals surface area contributed by atoms with Gasteiger partial charge in [0.2, 0.25) is 0 Å². The molecule has 8 aliphatic rings. The van der Waals surface area contributed by atoms with Gasteiger partial charge in [0.1, 0.15) is 79.4 Å². The van der Waals surface area contributed by atoms with Gasteiger partial charge in [-0.3, -0.25) is 0 Å². The van der Waals surface area contributed by atoms with Crippen LogP contribution in [0.5, 0.6) is 0 Å². The molecule has 0 radical (unpaired) electrons. The molecule has 0 bridgehead atoms. The van der Waals surface area contributed by atoms with Crippen molar-refractivity contribution in [2.24, 2.45) is 45.3 Å². The maximum absolute atomic E-state index is 12.9. The highest BCUT2D eigenvalue weighted by Gasteiger charge is 2.70. The van der Waals surface area contributed by atoms with E-state index in [9.17, 15) is 61.3 Å². The van der Waals surface area contributed by atoms with Crippen LogP contribution >= 0.6 is 0 Å². The van der Waals surface area contributed by atoms with Crippen LogP contribution in [0.1, 0.15) is 113 Å². The summed E-state index contributed by atoms with van der Waals surface area (Å²) >= 11 is 0. The Morgan fingerprint density at radius 2 is 1.22 bits per heavy atom. The van der Waals surface area contributed by atoms with Gasteiger partial charge in [-0.2, -0.15) is 0 Å². The topological polar surface area (TPSA) is 326 Å². The molecular weight excluding hydrogens is 973 g/mol. The van der Waals surface area contributed by atoms with Gasteiger partial charge in [0, 0.05) is 7.11 Å².